The lowest BCUT2D eigenvalue weighted by atomic mass is 9.94. The van der Waals surface area contributed by atoms with E-state index in [2.05, 4.69) is 0 Å². The zero-order valence-corrected chi connectivity index (χ0v) is 15.5. The number of piperidine rings is 2. The molecular formula is C19H23N3O6. The summed E-state index contributed by atoms with van der Waals surface area (Å²) >= 11 is 0. The Morgan fingerprint density at radius 1 is 1.11 bits per heavy atom. The second-order valence-corrected chi connectivity index (χ2v) is 7.36. The van der Waals surface area contributed by atoms with Crippen LogP contribution in [0.2, 0.25) is 0 Å². The van der Waals surface area contributed by atoms with Crippen LogP contribution in [0.5, 0.6) is 0 Å². The van der Waals surface area contributed by atoms with E-state index in [1.807, 2.05) is 4.90 Å². The van der Waals surface area contributed by atoms with Crippen LogP contribution in [0.3, 0.4) is 0 Å². The fourth-order valence-electron chi connectivity index (χ4n) is 3.83. The molecule has 0 aromatic heterocycles. The number of aromatic carboxylic acids is 1. The van der Waals surface area contributed by atoms with Gasteiger partial charge in [-0.25, -0.2) is 4.79 Å². The van der Waals surface area contributed by atoms with Gasteiger partial charge in [0.25, 0.3) is 11.6 Å². The number of likely N-dealkylation sites (tertiary alicyclic amines) is 2. The number of carbonyl (C=O) groups excluding carboxylic acids is 2. The van der Waals surface area contributed by atoms with Gasteiger partial charge < -0.3 is 14.9 Å². The highest BCUT2D eigenvalue weighted by molar-refractivity contribution is 5.98. The molecule has 9 heteroatoms. The van der Waals surface area contributed by atoms with Crippen LogP contribution in [-0.4, -0.2) is 63.8 Å². The molecule has 28 heavy (non-hydrogen) atoms. The average molecular weight is 389 g/mol. The Bertz CT molecular complexity index is 769. The largest absolute Gasteiger partial charge is 0.478 e. The number of amides is 2. The first-order chi connectivity index (χ1) is 13.3. The van der Waals surface area contributed by atoms with Gasteiger partial charge in [-0.3, -0.25) is 19.7 Å². The topological polar surface area (TPSA) is 121 Å². The van der Waals surface area contributed by atoms with Crippen LogP contribution < -0.4 is 0 Å². The van der Waals surface area contributed by atoms with Crippen molar-refractivity contribution in [1.29, 1.82) is 0 Å². The van der Waals surface area contributed by atoms with Crippen LogP contribution in [0, 0.1) is 16.0 Å². The summed E-state index contributed by atoms with van der Waals surface area (Å²) < 4.78 is 0. The first kappa shape index (κ1) is 19.8. The molecule has 3 rings (SSSR count). The van der Waals surface area contributed by atoms with Gasteiger partial charge in [0.05, 0.1) is 10.5 Å². The lowest BCUT2D eigenvalue weighted by molar-refractivity contribution is -0.384. The molecule has 2 heterocycles. The summed E-state index contributed by atoms with van der Waals surface area (Å²) in [5.74, 6) is -1.20. The lowest BCUT2D eigenvalue weighted by Gasteiger charge is -2.36. The third kappa shape index (κ3) is 4.47. The van der Waals surface area contributed by atoms with E-state index in [0.717, 1.165) is 44.4 Å². The summed E-state index contributed by atoms with van der Waals surface area (Å²) in [5, 5.41) is 20.2. The van der Waals surface area contributed by atoms with Gasteiger partial charge in [-0.1, -0.05) is 0 Å². The Morgan fingerprint density at radius 2 is 1.79 bits per heavy atom. The fraction of sp³-hybridized carbons (Fsp3) is 0.526. The van der Waals surface area contributed by atoms with Gasteiger partial charge in [0.2, 0.25) is 5.91 Å². The predicted octanol–water partition coefficient (Wildman–Crippen LogP) is 2.16. The Balaban J connectivity index is 1.64. The minimum absolute atomic E-state index is 0.0104. The molecule has 9 nitrogen and oxygen atoms in total. The Labute approximate surface area is 162 Å². The maximum absolute atomic E-state index is 12.7. The summed E-state index contributed by atoms with van der Waals surface area (Å²) in [7, 11) is 0. The first-order valence-corrected chi connectivity index (χ1v) is 9.45. The Morgan fingerprint density at radius 3 is 2.39 bits per heavy atom. The van der Waals surface area contributed by atoms with E-state index >= 15 is 0 Å². The molecule has 0 bridgehead atoms. The molecule has 2 aliphatic rings. The average Bonchev–Trinajstić information content (AvgIpc) is 2.69. The van der Waals surface area contributed by atoms with Gasteiger partial charge in [0, 0.05) is 50.3 Å². The first-order valence-electron chi connectivity index (χ1n) is 9.45. The maximum atomic E-state index is 12.7. The van der Waals surface area contributed by atoms with E-state index in [1.165, 1.54) is 6.07 Å². The van der Waals surface area contributed by atoms with Crippen molar-refractivity contribution in [3.8, 4) is 0 Å². The van der Waals surface area contributed by atoms with Gasteiger partial charge in [0.1, 0.15) is 0 Å². The van der Waals surface area contributed by atoms with Crippen LogP contribution >= 0.6 is 0 Å². The summed E-state index contributed by atoms with van der Waals surface area (Å²) in [6.45, 7) is 2.47. The van der Waals surface area contributed by atoms with E-state index in [9.17, 15) is 24.5 Å². The standard InChI is InChI=1S/C19H23N3O6/c23-17-3-1-2-6-21(17)12-13-4-7-20(8-5-13)18(24)14-9-15(19(25)26)11-16(10-14)22(27)28/h9-11,13H,1-8,12H2,(H,25,26). The third-order valence-electron chi connectivity index (χ3n) is 5.42. The number of nitrogens with zero attached hydrogens (tertiary/aromatic N) is 3. The SMILES string of the molecule is O=C(O)c1cc(C(=O)N2CCC(CN3CCCCC3=O)CC2)cc([N+](=O)[O-])c1. The fourth-order valence-corrected chi connectivity index (χ4v) is 3.83. The zero-order valence-electron chi connectivity index (χ0n) is 15.5. The van der Waals surface area contributed by atoms with Crippen molar-refractivity contribution in [2.45, 2.75) is 32.1 Å². The van der Waals surface area contributed by atoms with Crippen LogP contribution in [0.1, 0.15) is 52.8 Å². The number of carboxylic acids is 1. The minimum Gasteiger partial charge on any atom is -0.478 e. The number of nitro groups is 1. The molecule has 2 amide bonds. The van der Waals surface area contributed by atoms with E-state index in [-0.39, 0.29) is 17.0 Å². The Hall–Kier alpha value is -2.97. The molecule has 0 radical (unpaired) electrons. The minimum atomic E-state index is -1.32. The molecule has 2 saturated heterocycles. The van der Waals surface area contributed by atoms with Gasteiger partial charge in [-0.15, -0.1) is 0 Å². The van der Waals surface area contributed by atoms with Crippen molar-refractivity contribution < 1.29 is 24.4 Å². The monoisotopic (exact) mass is 389 g/mol. The van der Waals surface area contributed by atoms with Crippen molar-refractivity contribution in [1.82, 2.24) is 9.80 Å². The molecular weight excluding hydrogens is 366 g/mol. The van der Waals surface area contributed by atoms with Crippen LogP contribution in [0.4, 0.5) is 5.69 Å². The third-order valence-corrected chi connectivity index (χ3v) is 5.42. The van der Waals surface area contributed by atoms with E-state index in [0.29, 0.717) is 32.0 Å². The smallest absolute Gasteiger partial charge is 0.335 e. The van der Waals surface area contributed by atoms with Crippen molar-refractivity contribution in [3.63, 3.8) is 0 Å². The van der Waals surface area contributed by atoms with Gasteiger partial charge >= 0.3 is 5.97 Å². The van der Waals surface area contributed by atoms with Crippen LogP contribution in [0.25, 0.3) is 0 Å². The summed E-state index contributed by atoms with van der Waals surface area (Å²) in [5.41, 5.74) is -0.686. The van der Waals surface area contributed by atoms with Gasteiger partial charge in [-0.2, -0.15) is 0 Å². The molecule has 1 N–H and O–H groups in total. The van der Waals surface area contributed by atoms with Crippen molar-refractivity contribution >= 4 is 23.5 Å². The van der Waals surface area contributed by atoms with Crippen molar-refractivity contribution in [3.05, 3.63) is 39.4 Å². The second kappa shape index (κ2) is 8.37. The van der Waals surface area contributed by atoms with Crippen molar-refractivity contribution in [2.75, 3.05) is 26.2 Å². The lowest BCUT2D eigenvalue weighted by Crippen LogP contribution is -2.44. The molecule has 0 aliphatic carbocycles. The summed E-state index contributed by atoms with van der Waals surface area (Å²) in [6.07, 6.45) is 4.08. The number of carbonyl (C=O) groups is 3. The number of nitro benzene ring substituents is 1. The maximum Gasteiger partial charge on any atom is 0.335 e. The molecule has 1 aromatic rings. The normalized spacial score (nSPS) is 18.2. The molecule has 150 valence electrons. The molecule has 0 unspecified atom stereocenters. The molecule has 1 aromatic carbocycles. The van der Waals surface area contributed by atoms with E-state index < -0.39 is 22.5 Å². The zero-order chi connectivity index (χ0) is 20.3. The highest BCUT2D eigenvalue weighted by atomic mass is 16.6. The van der Waals surface area contributed by atoms with Crippen LogP contribution in [0.15, 0.2) is 18.2 Å². The number of rotatable bonds is 5. The molecule has 2 fully saturated rings. The van der Waals surface area contributed by atoms with Crippen LogP contribution in [-0.2, 0) is 4.79 Å². The predicted molar refractivity (Wildman–Crippen MR) is 99.1 cm³/mol. The molecule has 0 atom stereocenters. The number of hydrogen-bond acceptors (Lipinski definition) is 5. The number of hydrogen-bond donors (Lipinski definition) is 1. The number of carboxylic acid groups (broad SMARTS) is 1. The second-order valence-electron chi connectivity index (χ2n) is 7.36. The Kier molecular flexibility index (Phi) is 5.91. The van der Waals surface area contributed by atoms with E-state index in [1.54, 1.807) is 4.90 Å². The molecule has 0 spiro atoms. The molecule has 2 aliphatic heterocycles. The number of non-ortho nitro benzene ring substituents is 1. The van der Waals surface area contributed by atoms with E-state index in [4.69, 9.17) is 5.11 Å². The quantitative estimate of drug-likeness (QED) is 0.608. The van der Waals surface area contributed by atoms with Gasteiger partial charge in [-0.05, 0) is 37.7 Å². The summed E-state index contributed by atoms with van der Waals surface area (Å²) in [4.78, 5) is 49.7. The molecule has 0 saturated carbocycles. The summed E-state index contributed by atoms with van der Waals surface area (Å²) in [6, 6.07) is 3.24. The van der Waals surface area contributed by atoms with Gasteiger partial charge in [0.15, 0.2) is 0 Å². The number of benzene rings is 1. The van der Waals surface area contributed by atoms with Crippen molar-refractivity contribution in [2.24, 2.45) is 5.92 Å². The highest BCUT2D eigenvalue weighted by Crippen LogP contribution is 2.24. The highest BCUT2D eigenvalue weighted by Gasteiger charge is 2.28.